The number of amides is 4. The van der Waals surface area contributed by atoms with E-state index < -0.39 is 5.91 Å². The third-order valence-corrected chi connectivity index (χ3v) is 8.27. The lowest BCUT2D eigenvalue weighted by atomic mass is 9.94. The minimum absolute atomic E-state index is 0.236. The third kappa shape index (κ3) is 5.03. The second kappa shape index (κ2) is 10.6. The minimum Gasteiger partial charge on any atom is -0.370 e. The van der Waals surface area contributed by atoms with Crippen molar-refractivity contribution >= 4 is 40.1 Å². The summed E-state index contributed by atoms with van der Waals surface area (Å²) in [5.41, 5.74) is 8.32. The average molecular weight is 532 g/mol. The number of hydrogen-bond donors (Lipinski definition) is 2. The largest absolute Gasteiger partial charge is 0.370 e. The molecule has 3 fully saturated rings. The highest BCUT2D eigenvalue weighted by molar-refractivity contribution is 6.09. The number of nitrogens with two attached hydrogens (primary N) is 1. The predicted molar refractivity (Wildman–Crippen MR) is 145 cm³/mol. The van der Waals surface area contributed by atoms with Crippen LogP contribution in [0.15, 0.2) is 36.7 Å². The first kappa shape index (κ1) is 25.2. The topological polar surface area (TPSA) is 143 Å². The molecular formula is C27H33N9O3. The summed E-state index contributed by atoms with van der Waals surface area (Å²) in [6.07, 6.45) is 7.89. The number of anilines is 2. The van der Waals surface area contributed by atoms with Gasteiger partial charge in [-0.15, -0.1) is 5.10 Å². The van der Waals surface area contributed by atoms with Crippen LogP contribution in [-0.4, -0.2) is 82.0 Å². The number of fused-ring (bicyclic) bond motifs is 1. The normalized spacial score (nSPS) is 20.0. The second-order valence-electron chi connectivity index (χ2n) is 10.6. The summed E-state index contributed by atoms with van der Waals surface area (Å²) in [6.45, 7) is 5.23. The van der Waals surface area contributed by atoms with E-state index in [0.717, 1.165) is 80.7 Å². The summed E-state index contributed by atoms with van der Waals surface area (Å²) < 4.78 is 2.11. The summed E-state index contributed by atoms with van der Waals surface area (Å²) >= 11 is 0. The molecule has 0 saturated carbocycles. The Balaban J connectivity index is 1.05. The molecule has 6 rings (SSSR count). The van der Waals surface area contributed by atoms with Crippen LogP contribution in [0.3, 0.4) is 0 Å². The lowest BCUT2D eigenvalue weighted by molar-refractivity contribution is -0.120. The summed E-state index contributed by atoms with van der Waals surface area (Å²) in [6, 6.07) is 7.67. The molecule has 3 aliphatic rings. The monoisotopic (exact) mass is 531 g/mol. The molecule has 3 aliphatic heterocycles. The zero-order chi connectivity index (χ0) is 26.9. The minimum atomic E-state index is -0.544. The van der Waals surface area contributed by atoms with Crippen molar-refractivity contribution in [1.82, 2.24) is 30.2 Å². The zero-order valence-corrected chi connectivity index (χ0v) is 21.8. The van der Waals surface area contributed by atoms with Crippen LogP contribution in [0.1, 0.15) is 48.6 Å². The van der Waals surface area contributed by atoms with Gasteiger partial charge in [0.1, 0.15) is 0 Å². The number of urea groups is 1. The first-order valence-electron chi connectivity index (χ1n) is 13.6. The van der Waals surface area contributed by atoms with E-state index in [1.54, 1.807) is 11.1 Å². The fraction of sp³-hybridized carbons (Fsp3) is 0.481. The van der Waals surface area contributed by atoms with Crippen LogP contribution in [0.4, 0.5) is 16.2 Å². The van der Waals surface area contributed by atoms with Gasteiger partial charge in [0.2, 0.25) is 5.91 Å². The van der Waals surface area contributed by atoms with Gasteiger partial charge < -0.3 is 15.5 Å². The Labute approximate surface area is 226 Å². The van der Waals surface area contributed by atoms with Crippen molar-refractivity contribution in [2.45, 2.75) is 38.1 Å². The van der Waals surface area contributed by atoms with E-state index in [0.29, 0.717) is 24.9 Å². The lowest BCUT2D eigenvalue weighted by Crippen LogP contribution is -2.49. The molecule has 5 heterocycles. The van der Waals surface area contributed by atoms with E-state index in [1.807, 2.05) is 24.4 Å². The maximum Gasteiger partial charge on any atom is 0.328 e. The van der Waals surface area contributed by atoms with E-state index in [2.05, 4.69) is 36.1 Å². The zero-order valence-electron chi connectivity index (χ0n) is 21.8. The van der Waals surface area contributed by atoms with Gasteiger partial charge in [0.15, 0.2) is 5.69 Å². The molecule has 0 aliphatic carbocycles. The maximum atomic E-state index is 12.4. The quantitative estimate of drug-likeness (QED) is 0.491. The van der Waals surface area contributed by atoms with Crippen LogP contribution in [0.5, 0.6) is 0 Å². The number of aromatic nitrogens is 4. The number of nitrogens with zero attached hydrogens (tertiary/aromatic N) is 7. The fourth-order valence-corrected chi connectivity index (χ4v) is 6.20. The summed E-state index contributed by atoms with van der Waals surface area (Å²) in [5.74, 6) is -0.169. The molecule has 2 aromatic heterocycles. The van der Waals surface area contributed by atoms with Crippen molar-refractivity contribution in [2.24, 2.45) is 11.7 Å². The molecule has 0 unspecified atom stereocenters. The first-order chi connectivity index (χ1) is 19.0. The number of carbonyl (C=O) groups excluding carboxylic acids is 3. The predicted octanol–water partition coefficient (Wildman–Crippen LogP) is 1.92. The number of nitrogens with one attached hydrogen (secondary N) is 1. The van der Waals surface area contributed by atoms with Crippen LogP contribution in [0.25, 0.3) is 10.9 Å². The number of primary amides is 1. The average Bonchev–Trinajstić information content (AvgIpc) is 3.39. The molecule has 0 spiro atoms. The van der Waals surface area contributed by atoms with Gasteiger partial charge in [0, 0.05) is 51.1 Å². The molecule has 3 saturated heterocycles. The maximum absolute atomic E-state index is 12.4. The molecule has 3 aromatic rings. The summed E-state index contributed by atoms with van der Waals surface area (Å²) in [5, 5.41) is 15.8. The lowest BCUT2D eigenvalue weighted by Gasteiger charge is -2.38. The van der Waals surface area contributed by atoms with E-state index in [4.69, 9.17) is 10.8 Å². The van der Waals surface area contributed by atoms with E-state index in [9.17, 15) is 14.4 Å². The Morgan fingerprint density at radius 2 is 1.79 bits per heavy atom. The van der Waals surface area contributed by atoms with Crippen LogP contribution < -0.4 is 20.9 Å². The third-order valence-electron chi connectivity index (χ3n) is 8.27. The van der Waals surface area contributed by atoms with Crippen LogP contribution in [-0.2, 0) is 4.79 Å². The number of carbonyl (C=O) groups is 3. The summed E-state index contributed by atoms with van der Waals surface area (Å²) in [4.78, 5) is 42.1. The van der Waals surface area contributed by atoms with Gasteiger partial charge in [-0.3, -0.25) is 24.5 Å². The van der Waals surface area contributed by atoms with Crippen molar-refractivity contribution in [3.05, 3.63) is 42.4 Å². The molecule has 39 heavy (non-hydrogen) atoms. The molecule has 4 amide bonds. The van der Waals surface area contributed by atoms with Crippen LogP contribution in [0.2, 0.25) is 0 Å². The Morgan fingerprint density at radius 1 is 1.00 bits per heavy atom. The van der Waals surface area contributed by atoms with Crippen LogP contribution >= 0.6 is 0 Å². The highest BCUT2D eigenvalue weighted by Gasteiger charge is 2.29. The van der Waals surface area contributed by atoms with E-state index in [1.165, 1.54) is 0 Å². The van der Waals surface area contributed by atoms with Crippen molar-refractivity contribution < 1.29 is 14.4 Å². The number of benzene rings is 1. The molecular weight excluding hydrogens is 498 g/mol. The Bertz CT molecular complexity index is 1390. The SMILES string of the molecule is NC(=O)c1nnccc1N1CCC(CN2CCC(n3ncc4c(N5CCC(=O)NC5=O)cccc43)CC2)CC1. The van der Waals surface area contributed by atoms with E-state index in [-0.39, 0.29) is 17.6 Å². The molecule has 0 bridgehead atoms. The second-order valence-corrected chi connectivity index (χ2v) is 10.6. The van der Waals surface area contributed by atoms with Gasteiger partial charge in [0.05, 0.1) is 35.3 Å². The highest BCUT2D eigenvalue weighted by atomic mass is 16.2. The fourth-order valence-electron chi connectivity index (χ4n) is 6.20. The van der Waals surface area contributed by atoms with Crippen LogP contribution in [0, 0.1) is 5.92 Å². The molecule has 0 atom stereocenters. The number of rotatable bonds is 6. The molecule has 3 N–H and O–H groups in total. The van der Waals surface area contributed by atoms with Gasteiger partial charge in [-0.2, -0.15) is 10.2 Å². The molecule has 12 heteroatoms. The molecule has 0 radical (unpaired) electrons. The van der Waals surface area contributed by atoms with E-state index >= 15 is 0 Å². The Kier molecular flexibility index (Phi) is 6.86. The highest BCUT2D eigenvalue weighted by Crippen LogP contribution is 2.33. The van der Waals surface area contributed by atoms with Gasteiger partial charge >= 0.3 is 6.03 Å². The van der Waals surface area contributed by atoms with Crippen molar-refractivity contribution in [3.8, 4) is 0 Å². The smallest absolute Gasteiger partial charge is 0.328 e. The molecule has 12 nitrogen and oxygen atoms in total. The van der Waals surface area contributed by atoms with Gasteiger partial charge in [-0.1, -0.05) is 6.07 Å². The van der Waals surface area contributed by atoms with Gasteiger partial charge in [0.25, 0.3) is 5.91 Å². The van der Waals surface area contributed by atoms with Crippen molar-refractivity contribution in [1.29, 1.82) is 0 Å². The summed E-state index contributed by atoms with van der Waals surface area (Å²) in [7, 11) is 0. The molecule has 1 aromatic carbocycles. The standard InChI is InChI=1S/C27H33N9O3/c28-26(38)25-23(4-10-29-32-25)34-13-5-18(6-14-34)17-33-11-7-19(8-12-33)36-22-3-1-2-21(20(22)16-30-36)35-15-9-24(37)31-27(35)39/h1-4,10,16,18-19H,5-9,11-15,17H2,(H2,28,38)(H,31,37,39). The number of likely N-dealkylation sites (tertiary alicyclic amines) is 1. The number of hydrogen-bond acceptors (Lipinski definition) is 8. The van der Waals surface area contributed by atoms with Crippen molar-refractivity contribution in [2.75, 3.05) is 49.1 Å². The molecule has 204 valence electrons. The first-order valence-corrected chi connectivity index (χ1v) is 13.6. The number of imide groups is 1. The Hall–Kier alpha value is -4.06. The van der Waals surface area contributed by atoms with Crippen molar-refractivity contribution in [3.63, 3.8) is 0 Å². The number of piperidine rings is 2. The van der Waals surface area contributed by atoms with Gasteiger partial charge in [-0.05, 0) is 49.8 Å². The van der Waals surface area contributed by atoms with Gasteiger partial charge in [-0.25, -0.2) is 4.79 Å². The Morgan fingerprint density at radius 3 is 2.54 bits per heavy atom.